The van der Waals surface area contributed by atoms with Gasteiger partial charge in [-0.2, -0.15) is 0 Å². The van der Waals surface area contributed by atoms with Gasteiger partial charge in [0.15, 0.2) is 0 Å². The van der Waals surface area contributed by atoms with Crippen LogP contribution >= 0.6 is 11.3 Å². The summed E-state index contributed by atoms with van der Waals surface area (Å²) in [5.74, 6) is -1.01. The summed E-state index contributed by atoms with van der Waals surface area (Å²) in [6.45, 7) is 7.76. The van der Waals surface area contributed by atoms with Crippen LogP contribution in [0.15, 0.2) is 0 Å². The summed E-state index contributed by atoms with van der Waals surface area (Å²) in [5, 5.41) is 14.2. The minimum Gasteiger partial charge on any atom is -0.346 e. The highest BCUT2D eigenvalue weighted by atomic mass is 32.1. The van der Waals surface area contributed by atoms with Crippen LogP contribution in [0.25, 0.3) is 0 Å². The Morgan fingerprint density at radius 2 is 1.79 bits per heavy atom. The van der Waals surface area contributed by atoms with E-state index in [-0.39, 0.29) is 6.04 Å². The van der Waals surface area contributed by atoms with Gasteiger partial charge in [-0.1, -0.05) is 25.2 Å². The zero-order valence-corrected chi connectivity index (χ0v) is 12.5. The first-order valence-corrected chi connectivity index (χ1v) is 7.24. The van der Waals surface area contributed by atoms with Crippen molar-refractivity contribution >= 4 is 28.3 Å². The fourth-order valence-electron chi connectivity index (χ4n) is 1.57. The Morgan fingerprint density at radius 1 is 1.16 bits per heavy atom. The van der Waals surface area contributed by atoms with E-state index < -0.39 is 11.8 Å². The highest BCUT2D eigenvalue weighted by Gasteiger charge is 2.18. The van der Waals surface area contributed by atoms with E-state index in [9.17, 15) is 9.59 Å². The van der Waals surface area contributed by atoms with Crippen LogP contribution in [-0.4, -0.2) is 28.1 Å². The van der Waals surface area contributed by atoms with Gasteiger partial charge in [0.25, 0.3) is 0 Å². The second-order valence-electron chi connectivity index (χ2n) is 4.54. The largest absolute Gasteiger partial charge is 0.346 e. The molecule has 0 aliphatic heterocycles. The van der Waals surface area contributed by atoms with Gasteiger partial charge in [0.1, 0.15) is 5.01 Å². The number of nitrogens with one attached hydrogen (secondary N) is 2. The van der Waals surface area contributed by atoms with Crippen molar-refractivity contribution in [3.63, 3.8) is 0 Å². The highest BCUT2D eigenvalue weighted by Crippen LogP contribution is 2.27. The van der Waals surface area contributed by atoms with Crippen LogP contribution in [0.3, 0.4) is 0 Å². The number of hydrogen-bond acceptors (Lipinski definition) is 5. The number of carbonyl (C=O) groups is 2. The van der Waals surface area contributed by atoms with Crippen LogP contribution < -0.4 is 10.6 Å². The number of hydrogen-bond donors (Lipinski definition) is 2. The van der Waals surface area contributed by atoms with E-state index >= 15 is 0 Å². The lowest BCUT2D eigenvalue weighted by molar-refractivity contribution is -0.136. The molecule has 0 aliphatic rings. The van der Waals surface area contributed by atoms with E-state index in [4.69, 9.17) is 0 Å². The summed E-state index contributed by atoms with van der Waals surface area (Å²) in [6.07, 6.45) is 1.96. The molecule has 6 nitrogen and oxygen atoms in total. The van der Waals surface area contributed by atoms with Crippen LogP contribution in [0.4, 0.5) is 5.13 Å². The van der Waals surface area contributed by atoms with Crippen LogP contribution in [0.2, 0.25) is 0 Å². The number of nitrogens with zero attached hydrogens (tertiary/aromatic N) is 2. The minimum absolute atomic E-state index is 0.0761. The maximum Gasteiger partial charge on any atom is 0.315 e. The molecule has 0 spiro atoms. The monoisotopic (exact) mass is 284 g/mol. The standard InChI is InChI=1S/C12H20N4O2S/c1-5-8(6-2)11-15-16-12(19-11)14-10(18)9(17)13-7(3)4/h7-8H,5-6H2,1-4H3,(H,13,17)(H,14,16,18). The van der Waals surface area contributed by atoms with Gasteiger partial charge in [0.05, 0.1) is 0 Å². The van der Waals surface area contributed by atoms with E-state index in [2.05, 4.69) is 34.7 Å². The van der Waals surface area contributed by atoms with E-state index in [1.807, 2.05) is 0 Å². The molecule has 1 heterocycles. The van der Waals surface area contributed by atoms with Gasteiger partial charge < -0.3 is 5.32 Å². The first kappa shape index (κ1) is 15.6. The molecule has 0 unspecified atom stereocenters. The van der Waals surface area contributed by atoms with Crippen LogP contribution in [0.1, 0.15) is 51.5 Å². The SMILES string of the molecule is CCC(CC)c1nnc(NC(=O)C(=O)NC(C)C)s1. The van der Waals surface area contributed by atoms with Gasteiger partial charge in [-0.25, -0.2) is 0 Å². The van der Waals surface area contributed by atoms with Gasteiger partial charge in [0.2, 0.25) is 5.13 Å². The van der Waals surface area contributed by atoms with Gasteiger partial charge >= 0.3 is 11.8 Å². The maximum absolute atomic E-state index is 11.6. The molecule has 2 amide bonds. The first-order valence-electron chi connectivity index (χ1n) is 6.43. The highest BCUT2D eigenvalue weighted by molar-refractivity contribution is 7.15. The summed E-state index contributed by atoms with van der Waals surface area (Å²) in [7, 11) is 0. The van der Waals surface area contributed by atoms with Crippen molar-refractivity contribution in [3.8, 4) is 0 Å². The molecule has 0 fully saturated rings. The Labute approximate surface area is 117 Å². The molecule has 0 bridgehead atoms. The zero-order valence-electron chi connectivity index (χ0n) is 11.7. The summed E-state index contributed by atoms with van der Waals surface area (Å²) in [6, 6.07) is -0.0761. The third-order valence-corrected chi connectivity index (χ3v) is 3.62. The fraction of sp³-hybridized carbons (Fsp3) is 0.667. The van der Waals surface area contributed by atoms with Crippen molar-refractivity contribution in [2.45, 2.75) is 52.5 Å². The van der Waals surface area contributed by atoms with E-state index in [0.29, 0.717) is 11.0 Å². The lowest BCUT2D eigenvalue weighted by Crippen LogP contribution is -2.39. The van der Waals surface area contributed by atoms with Crippen molar-refractivity contribution < 1.29 is 9.59 Å². The quantitative estimate of drug-likeness (QED) is 0.809. The second-order valence-corrected chi connectivity index (χ2v) is 5.55. The van der Waals surface area contributed by atoms with Gasteiger partial charge in [-0.3, -0.25) is 14.9 Å². The molecule has 7 heteroatoms. The topological polar surface area (TPSA) is 84.0 Å². The molecule has 1 aromatic heterocycles. The molecule has 0 saturated carbocycles. The summed E-state index contributed by atoms with van der Waals surface area (Å²) in [5.41, 5.74) is 0. The average molecular weight is 284 g/mol. The number of anilines is 1. The third kappa shape index (κ3) is 4.59. The van der Waals surface area contributed by atoms with Crippen molar-refractivity contribution in [1.29, 1.82) is 0 Å². The lowest BCUT2D eigenvalue weighted by atomic mass is 10.1. The number of carbonyl (C=O) groups excluding carboxylic acids is 2. The Bertz CT molecular complexity index is 441. The van der Waals surface area contributed by atoms with E-state index in [1.54, 1.807) is 13.8 Å². The normalized spacial score (nSPS) is 10.8. The summed E-state index contributed by atoms with van der Waals surface area (Å²) in [4.78, 5) is 23.0. The minimum atomic E-state index is -0.707. The molecule has 0 aliphatic carbocycles. The van der Waals surface area contributed by atoms with Crippen molar-refractivity contribution in [1.82, 2.24) is 15.5 Å². The Hall–Kier alpha value is -1.50. The van der Waals surface area contributed by atoms with Crippen LogP contribution in [0, 0.1) is 0 Å². The number of amides is 2. The van der Waals surface area contributed by atoms with Crippen molar-refractivity contribution in [3.05, 3.63) is 5.01 Å². The molecule has 0 radical (unpaired) electrons. The maximum atomic E-state index is 11.6. The predicted octanol–water partition coefficient (Wildman–Crippen LogP) is 1.90. The predicted molar refractivity (Wildman–Crippen MR) is 75.1 cm³/mol. The Morgan fingerprint density at radius 3 is 2.32 bits per heavy atom. The molecular formula is C12H20N4O2S. The van der Waals surface area contributed by atoms with Gasteiger partial charge in [-0.05, 0) is 26.7 Å². The van der Waals surface area contributed by atoms with Gasteiger partial charge in [-0.15, -0.1) is 10.2 Å². The molecule has 0 aromatic carbocycles. The third-order valence-electron chi connectivity index (χ3n) is 2.62. The molecule has 19 heavy (non-hydrogen) atoms. The molecule has 0 atom stereocenters. The molecule has 1 aromatic rings. The lowest BCUT2D eigenvalue weighted by Gasteiger charge is -2.07. The molecule has 106 valence electrons. The van der Waals surface area contributed by atoms with Crippen LogP contribution in [-0.2, 0) is 9.59 Å². The van der Waals surface area contributed by atoms with Crippen molar-refractivity contribution in [2.75, 3.05) is 5.32 Å². The Kier molecular flexibility index (Phi) is 5.88. The van der Waals surface area contributed by atoms with E-state index in [1.165, 1.54) is 11.3 Å². The summed E-state index contributed by atoms with van der Waals surface area (Å²) < 4.78 is 0. The number of aromatic nitrogens is 2. The fourth-order valence-corrected chi connectivity index (χ4v) is 2.57. The first-order chi connectivity index (χ1) is 8.97. The molecule has 1 rings (SSSR count). The molecular weight excluding hydrogens is 264 g/mol. The van der Waals surface area contributed by atoms with Crippen molar-refractivity contribution in [2.24, 2.45) is 0 Å². The smallest absolute Gasteiger partial charge is 0.315 e. The average Bonchev–Trinajstić information content (AvgIpc) is 2.78. The van der Waals surface area contributed by atoms with Crippen LogP contribution in [0.5, 0.6) is 0 Å². The summed E-state index contributed by atoms with van der Waals surface area (Å²) >= 11 is 1.32. The van der Waals surface area contributed by atoms with E-state index in [0.717, 1.165) is 17.8 Å². The molecule has 2 N–H and O–H groups in total. The zero-order chi connectivity index (χ0) is 14.4. The molecule has 0 saturated heterocycles. The number of rotatable bonds is 5. The Balaban J connectivity index is 2.63. The second kappa shape index (κ2) is 7.18. The van der Waals surface area contributed by atoms with Gasteiger partial charge in [0, 0.05) is 12.0 Å².